The predicted molar refractivity (Wildman–Crippen MR) is 69.1 cm³/mol. The highest BCUT2D eigenvalue weighted by molar-refractivity contribution is 6.34. The number of hydrogen-bond donors (Lipinski definition) is 1. The number of nitrogens with zero attached hydrogens (tertiary/aromatic N) is 2. The number of hydrogen-bond acceptors (Lipinski definition) is 3. The first-order chi connectivity index (χ1) is 9.71. The fraction of sp³-hybridized carbons (Fsp3) is 0.667. The number of carbonyl (C=O) groups is 1. The molecule has 1 amide bonds. The summed E-state index contributed by atoms with van der Waals surface area (Å²) in [5, 5.41) is 5.19. The first-order valence-electron chi connectivity index (χ1n) is 6.44. The van der Waals surface area contributed by atoms with Gasteiger partial charge in [0, 0.05) is 13.7 Å². The molecule has 0 spiro atoms. The van der Waals surface area contributed by atoms with E-state index in [-0.39, 0.29) is 17.8 Å². The van der Waals surface area contributed by atoms with Gasteiger partial charge in [-0.15, -0.1) is 0 Å². The van der Waals surface area contributed by atoms with Crippen molar-refractivity contribution in [3.8, 4) is 0 Å². The molecule has 0 radical (unpaired) electrons. The van der Waals surface area contributed by atoms with Crippen molar-refractivity contribution >= 4 is 17.5 Å². The molecule has 1 aliphatic heterocycles. The molecule has 0 aliphatic carbocycles. The lowest BCUT2D eigenvalue weighted by Crippen LogP contribution is -2.41. The molecular weight excluding hydrogens is 311 g/mol. The number of amides is 1. The Hall–Kier alpha value is -1.28. The van der Waals surface area contributed by atoms with E-state index in [9.17, 15) is 18.0 Å². The number of ether oxygens (including phenoxy) is 1. The fourth-order valence-electron chi connectivity index (χ4n) is 2.29. The average Bonchev–Trinajstić information content (AvgIpc) is 2.96. The van der Waals surface area contributed by atoms with Gasteiger partial charge in [0.25, 0.3) is 5.91 Å². The zero-order chi connectivity index (χ0) is 15.8. The third kappa shape index (κ3) is 3.32. The quantitative estimate of drug-likeness (QED) is 0.928. The Morgan fingerprint density at radius 3 is 2.71 bits per heavy atom. The van der Waals surface area contributed by atoms with Crippen molar-refractivity contribution in [3.05, 3.63) is 16.4 Å². The van der Waals surface area contributed by atoms with Gasteiger partial charge in [0.05, 0.1) is 12.1 Å². The highest BCUT2D eigenvalue weighted by Gasteiger charge is 2.40. The smallest absolute Gasteiger partial charge is 0.376 e. The minimum absolute atomic E-state index is 0.136. The van der Waals surface area contributed by atoms with Crippen LogP contribution in [0.1, 0.15) is 35.9 Å². The molecule has 0 saturated carbocycles. The molecule has 2 rings (SSSR count). The number of halogens is 4. The Bertz CT molecular complexity index is 539. The number of nitrogens with one attached hydrogen (secondary N) is 1. The fourth-order valence-corrected chi connectivity index (χ4v) is 2.64. The maximum absolute atomic E-state index is 12.7. The Kier molecular flexibility index (Phi) is 4.48. The van der Waals surface area contributed by atoms with E-state index in [1.165, 1.54) is 7.05 Å². The Balaban J connectivity index is 2.17. The van der Waals surface area contributed by atoms with Gasteiger partial charge in [-0.3, -0.25) is 9.48 Å². The second kappa shape index (κ2) is 5.84. The first-order valence-corrected chi connectivity index (χ1v) is 6.81. The van der Waals surface area contributed by atoms with E-state index in [1.54, 1.807) is 6.92 Å². The van der Waals surface area contributed by atoms with Crippen LogP contribution in [0.5, 0.6) is 0 Å². The van der Waals surface area contributed by atoms with E-state index in [0.29, 0.717) is 6.61 Å². The number of carbonyl (C=O) groups excluding carboxylic acids is 1. The minimum atomic E-state index is -4.70. The monoisotopic (exact) mass is 325 g/mol. The summed E-state index contributed by atoms with van der Waals surface area (Å²) in [5.74, 6) is -0.700. The average molecular weight is 326 g/mol. The van der Waals surface area contributed by atoms with Crippen LogP contribution in [0.2, 0.25) is 5.02 Å². The molecule has 0 aromatic carbocycles. The highest BCUT2D eigenvalue weighted by Crippen LogP contribution is 2.35. The van der Waals surface area contributed by atoms with E-state index < -0.39 is 22.8 Å². The van der Waals surface area contributed by atoms with Gasteiger partial charge in [0.1, 0.15) is 10.7 Å². The molecule has 1 aliphatic rings. The summed E-state index contributed by atoms with van der Waals surface area (Å²) in [5.41, 5.74) is -1.57. The highest BCUT2D eigenvalue weighted by atomic mass is 35.5. The lowest BCUT2D eigenvalue weighted by atomic mass is 10.1. The molecule has 1 fully saturated rings. The third-order valence-corrected chi connectivity index (χ3v) is 3.71. The molecule has 1 aromatic heterocycles. The van der Waals surface area contributed by atoms with E-state index in [2.05, 4.69) is 10.4 Å². The molecule has 1 saturated heterocycles. The number of aromatic nitrogens is 2. The summed E-state index contributed by atoms with van der Waals surface area (Å²) in [6.45, 7) is 2.36. The van der Waals surface area contributed by atoms with Crippen LogP contribution in [-0.2, 0) is 18.0 Å². The molecule has 0 unspecified atom stereocenters. The SMILES string of the molecule is C[C@@H](NC(=O)c1c(Cl)c(C(F)(F)F)nn1C)[C@@H]1CCCO1. The van der Waals surface area contributed by atoms with Crippen molar-refractivity contribution in [1.82, 2.24) is 15.1 Å². The van der Waals surface area contributed by atoms with Gasteiger partial charge in [-0.2, -0.15) is 18.3 Å². The van der Waals surface area contributed by atoms with Crippen LogP contribution in [0, 0.1) is 0 Å². The van der Waals surface area contributed by atoms with Gasteiger partial charge in [-0.05, 0) is 19.8 Å². The summed E-state index contributed by atoms with van der Waals surface area (Å²) < 4.78 is 44.4. The van der Waals surface area contributed by atoms with Crippen molar-refractivity contribution in [2.75, 3.05) is 6.61 Å². The molecular formula is C12H15ClF3N3O2. The topological polar surface area (TPSA) is 56.2 Å². The standard InChI is InChI=1S/C12H15ClF3N3O2/c1-6(7-4-3-5-21-7)17-11(20)9-8(13)10(12(14,15)16)18-19(9)2/h6-7H,3-5H2,1-2H3,(H,17,20)/t6-,7+/m1/s1. The van der Waals surface area contributed by atoms with E-state index in [4.69, 9.17) is 16.3 Å². The summed E-state index contributed by atoms with van der Waals surface area (Å²) in [7, 11) is 1.24. The van der Waals surface area contributed by atoms with Crippen LogP contribution in [0.3, 0.4) is 0 Å². The second-order valence-electron chi connectivity index (χ2n) is 4.95. The van der Waals surface area contributed by atoms with Gasteiger partial charge in [0.2, 0.25) is 0 Å². The third-order valence-electron chi connectivity index (χ3n) is 3.35. The summed E-state index contributed by atoms with van der Waals surface area (Å²) >= 11 is 5.66. The van der Waals surface area contributed by atoms with Crippen LogP contribution in [-0.4, -0.2) is 34.4 Å². The van der Waals surface area contributed by atoms with Crippen LogP contribution in [0.4, 0.5) is 13.2 Å². The van der Waals surface area contributed by atoms with Crippen molar-refractivity contribution in [2.24, 2.45) is 7.05 Å². The molecule has 1 N–H and O–H groups in total. The van der Waals surface area contributed by atoms with Gasteiger partial charge in [0.15, 0.2) is 5.69 Å². The molecule has 21 heavy (non-hydrogen) atoms. The van der Waals surface area contributed by atoms with Crippen LogP contribution in [0.15, 0.2) is 0 Å². The lowest BCUT2D eigenvalue weighted by molar-refractivity contribution is -0.141. The predicted octanol–water partition coefficient (Wildman–Crippen LogP) is 2.39. The Morgan fingerprint density at radius 2 is 2.24 bits per heavy atom. The van der Waals surface area contributed by atoms with Gasteiger partial charge >= 0.3 is 6.18 Å². The molecule has 2 heterocycles. The first kappa shape index (κ1) is 16.1. The molecule has 9 heteroatoms. The van der Waals surface area contributed by atoms with E-state index in [1.807, 2.05) is 0 Å². The van der Waals surface area contributed by atoms with Crippen molar-refractivity contribution in [3.63, 3.8) is 0 Å². The number of aryl methyl sites for hydroxylation is 1. The van der Waals surface area contributed by atoms with Crippen molar-refractivity contribution in [2.45, 2.75) is 38.1 Å². The Morgan fingerprint density at radius 1 is 1.57 bits per heavy atom. The van der Waals surface area contributed by atoms with E-state index >= 15 is 0 Å². The second-order valence-corrected chi connectivity index (χ2v) is 5.32. The van der Waals surface area contributed by atoms with Crippen molar-refractivity contribution in [1.29, 1.82) is 0 Å². The molecule has 5 nitrogen and oxygen atoms in total. The minimum Gasteiger partial charge on any atom is -0.376 e. The normalized spacial score (nSPS) is 20.6. The van der Waals surface area contributed by atoms with Crippen molar-refractivity contribution < 1.29 is 22.7 Å². The van der Waals surface area contributed by atoms with E-state index in [0.717, 1.165) is 17.5 Å². The summed E-state index contributed by atoms with van der Waals surface area (Å²) in [4.78, 5) is 12.1. The molecule has 2 atom stereocenters. The zero-order valence-electron chi connectivity index (χ0n) is 11.5. The van der Waals surface area contributed by atoms with Crippen LogP contribution < -0.4 is 5.32 Å². The number of alkyl halides is 3. The Labute approximate surface area is 124 Å². The van der Waals surface area contributed by atoms with Crippen LogP contribution >= 0.6 is 11.6 Å². The summed E-state index contributed by atoms with van der Waals surface area (Å²) in [6, 6.07) is -0.319. The maximum atomic E-state index is 12.7. The molecule has 1 aromatic rings. The molecule has 0 bridgehead atoms. The van der Waals surface area contributed by atoms with Gasteiger partial charge < -0.3 is 10.1 Å². The zero-order valence-corrected chi connectivity index (χ0v) is 12.3. The van der Waals surface area contributed by atoms with Gasteiger partial charge in [-0.25, -0.2) is 0 Å². The lowest BCUT2D eigenvalue weighted by Gasteiger charge is -2.20. The largest absolute Gasteiger partial charge is 0.436 e. The maximum Gasteiger partial charge on any atom is 0.436 e. The van der Waals surface area contributed by atoms with Crippen LogP contribution in [0.25, 0.3) is 0 Å². The van der Waals surface area contributed by atoms with Gasteiger partial charge in [-0.1, -0.05) is 11.6 Å². The number of rotatable bonds is 3. The molecule has 118 valence electrons. The summed E-state index contributed by atoms with van der Waals surface area (Å²) in [6.07, 6.45) is -3.14.